The molecule has 26 heavy (non-hydrogen) atoms. The number of carbonyl (C=O) groups is 2. The van der Waals surface area contributed by atoms with Crippen molar-refractivity contribution in [2.75, 3.05) is 32.7 Å². The lowest BCUT2D eigenvalue weighted by atomic mass is 9.95. The zero-order chi connectivity index (χ0) is 19.3. The van der Waals surface area contributed by atoms with Gasteiger partial charge in [-0.3, -0.25) is 9.69 Å². The zero-order valence-corrected chi connectivity index (χ0v) is 14.9. The summed E-state index contributed by atoms with van der Waals surface area (Å²) in [7, 11) is 0. The molecule has 0 aromatic heterocycles. The monoisotopic (exact) mass is 371 g/mol. The molecule has 1 atom stereocenters. The number of hydrogen-bond donors (Lipinski definition) is 1. The molecule has 1 N–H and O–H groups in total. The fraction of sp³-hybridized carbons (Fsp3) is 0.556. The minimum absolute atomic E-state index is 0.111. The van der Waals surface area contributed by atoms with E-state index in [0.29, 0.717) is 5.56 Å². The molecule has 1 heterocycles. The van der Waals surface area contributed by atoms with Crippen LogP contribution in [0.2, 0.25) is 0 Å². The number of benzene rings is 1. The second-order valence-corrected chi connectivity index (χ2v) is 6.73. The molecule has 1 aliphatic rings. The quantitative estimate of drug-likeness (QED) is 0.866. The molecule has 144 valence electrons. The highest BCUT2D eigenvalue weighted by atomic mass is 19.4. The van der Waals surface area contributed by atoms with Crippen molar-refractivity contribution in [1.29, 1.82) is 0 Å². The van der Waals surface area contributed by atoms with Gasteiger partial charge in [0.15, 0.2) is 5.78 Å². The maximum Gasteiger partial charge on any atom is 0.401 e. The number of amides is 2. The SMILES string of the molecule is CC(C)C(=O)C(NC(=O)N1CCN(CC(F)(F)F)CC1)c1ccccc1. The number of nitrogens with one attached hydrogen (secondary N) is 1. The summed E-state index contributed by atoms with van der Waals surface area (Å²) in [5.41, 5.74) is 0.690. The Hall–Kier alpha value is -2.09. The Morgan fingerprint density at radius 2 is 1.65 bits per heavy atom. The summed E-state index contributed by atoms with van der Waals surface area (Å²) in [4.78, 5) is 27.8. The summed E-state index contributed by atoms with van der Waals surface area (Å²) in [6.45, 7) is 3.25. The predicted octanol–water partition coefficient (Wildman–Crippen LogP) is 2.84. The van der Waals surface area contributed by atoms with E-state index in [1.807, 2.05) is 6.07 Å². The highest BCUT2D eigenvalue weighted by Gasteiger charge is 2.33. The van der Waals surface area contributed by atoms with Gasteiger partial charge in [0, 0.05) is 32.1 Å². The van der Waals surface area contributed by atoms with Crippen LogP contribution in [0.15, 0.2) is 30.3 Å². The number of rotatable bonds is 5. The molecule has 8 heteroatoms. The Balaban J connectivity index is 1.99. The van der Waals surface area contributed by atoms with Crippen molar-refractivity contribution < 1.29 is 22.8 Å². The number of halogens is 3. The average molecular weight is 371 g/mol. The minimum atomic E-state index is -4.24. The van der Waals surface area contributed by atoms with Crippen molar-refractivity contribution in [3.8, 4) is 0 Å². The Morgan fingerprint density at radius 1 is 1.08 bits per heavy atom. The number of Topliss-reactive ketones (excluding diaryl/α,β-unsaturated/α-hetero) is 1. The number of hydrogen-bond acceptors (Lipinski definition) is 3. The second kappa shape index (κ2) is 8.53. The first-order chi connectivity index (χ1) is 12.2. The number of piperazine rings is 1. The van der Waals surface area contributed by atoms with E-state index in [9.17, 15) is 22.8 Å². The summed E-state index contributed by atoms with van der Waals surface area (Å²) in [6, 6.07) is 7.74. The van der Waals surface area contributed by atoms with Crippen molar-refractivity contribution in [1.82, 2.24) is 15.1 Å². The van der Waals surface area contributed by atoms with E-state index in [4.69, 9.17) is 0 Å². The van der Waals surface area contributed by atoms with Crippen LogP contribution in [0.3, 0.4) is 0 Å². The van der Waals surface area contributed by atoms with Crippen LogP contribution in [0.5, 0.6) is 0 Å². The fourth-order valence-corrected chi connectivity index (χ4v) is 2.87. The van der Waals surface area contributed by atoms with E-state index in [2.05, 4.69) is 5.32 Å². The van der Waals surface area contributed by atoms with Crippen molar-refractivity contribution in [3.05, 3.63) is 35.9 Å². The molecule has 1 unspecified atom stereocenters. The van der Waals surface area contributed by atoms with Gasteiger partial charge in [-0.15, -0.1) is 0 Å². The number of urea groups is 1. The lowest BCUT2D eigenvalue weighted by Gasteiger charge is -2.35. The molecule has 5 nitrogen and oxygen atoms in total. The lowest BCUT2D eigenvalue weighted by molar-refractivity contribution is -0.148. The van der Waals surface area contributed by atoms with Crippen LogP contribution in [-0.2, 0) is 4.79 Å². The number of nitrogens with zero attached hydrogens (tertiary/aromatic N) is 2. The number of ketones is 1. The smallest absolute Gasteiger partial charge is 0.324 e. The number of carbonyl (C=O) groups excluding carboxylic acids is 2. The van der Waals surface area contributed by atoms with Crippen LogP contribution >= 0.6 is 0 Å². The van der Waals surface area contributed by atoms with E-state index in [1.165, 1.54) is 9.80 Å². The molecule has 1 fully saturated rings. The fourth-order valence-electron chi connectivity index (χ4n) is 2.87. The summed E-state index contributed by atoms with van der Waals surface area (Å²) in [6.07, 6.45) is -4.24. The van der Waals surface area contributed by atoms with Crippen LogP contribution in [0.25, 0.3) is 0 Å². The van der Waals surface area contributed by atoms with Gasteiger partial charge in [-0.05, 0) is 5.56 Å². The molecule has 0 aliphatic carbocycles. The first-order valence-corrected chi connectivity index (χ1v) is 8.60. The molecule has 1 aromatic rings. The highest BCUT2D eigenvalue weighted by molar-refractivity contribution is 5.90. The van der Waals surface area contributed by atoms with E-state index in [0.717, 1.165) is 0 Å². The van der Waals surface area contributed by atoms with Gasteiger partial charge in [0.05, 0.1) is 6.54 Å². The van der Waals surface area contributed by atoms with Crippen LogP contribution in [0.4, 0.5) is 18.0 Å². The maximum absolute atomic E-state index is 12.5. The van der Waals surface area contributed by atoms with Crippen LogP contribution < -0.4 is 5.32 Å². The topological polar surface area (TPSA) is 52.7 Å². The molecule has 0 bridgehead atoms. The van der Waals surface area contributed by atoms with Gasteiger partial charge in [-0.25, -0.2) is 4.79 Å². The van der Waals surface area contributed by atoms with Crippen molar-refractivity contribution in [2.24, 2.45) is 5.92 Å². The molecule has 0 spiro atoms. The molecule has 0 radical (unpaired) electrons. The third-order valence-corrected chi connectivity index (χ3v) is 4.32. The summed E-state index contributed by atoms with van der Waals surface area (Å²) in [5, 5.41) is 2.74. The average Bonchev–Trinajstić information content (AvgIpc) is 2.58. The predicted molar refractivity (Wildman–Crippen MR) is 91.6 cm³/mol. The van der Waals surface area contributed by atoms with E-state index < -0.39 is 24.8 Å². The van der Waals surface area contributed by atoms with Crippen LogP contribution in [0, 0.1) is 5.92 Å². The second-order valence-electron chi connectivity index (χ2n) is 6.73. The molecule has 1 saturated heterocycles. The molecular formula is C18H24F3N3O2. The van der Waals surface area contributed by atoms with E-state index in [1.54, 1.807) is 38.1 Å². The third-order valence-electron chi connectivity index (χ3n) is 4.32. The van der Waals surface area contributed by atoms with Gasteiger partial charge in [-0.1, -0.05) is 44.2 Å². The van der Waals surface area contributed by atoms with Crippen LogP contribution in [0.1, 0.15) is 25.5 Å². The normalized spacial score (nSPS) is 17.2. The zero-order valence-electron chi connectivity index (χ0n) is 14.9. The molecule has 2 rings (SSSR count). The third kappa shape index (κ3) is 5.72. The van der Waals surface area contributed by atoms with Crippen molar-refractivity contribution >= 4 is 11.8 Å². The van der Waals surface area contributed by atoms with E-state index >= 15 is 0 Å². The number of alkyl halides is 3. The van der Waals surface area contributed by atoms with Gasteiger partial charge < -0.3 is 10.2 Å². The van der Waals surface area contributed by atoms with Gasteiger partial charge in [0.2, 0.25) is 0 Å². The van der Waals surface area contributed by atoms with E-state index in [-0.39, 0.29) is 37.9 Å². The maximum atomic E-state index is 12.5. The molecule has 2 amide bonds. The highest BCUT2D eigenvalue weighted by Crippen LogP contribution is 2.20. The Kier molecular flexibility index (Phi) is 6.63. The molecule has 1 aliphatic heterocycles. The Labute approximate surface area is 151 Å². The van der Waals surface area contributed by atoms with Crippen molar-refractivity contribution in [3.63, 3.8) is 0 Å². The minimum Gasteiger partial charge on any atom is -0.324 e. The van der Waals surface area contributed by atoms with Gasteiger partial charge in [0.1, 0.15) is 6.04 Å². The first-order valence-electron chi connectivity index (χ1n) is 8.60. The largest absolute Gasteiger partial charge is 0.401 e. The summed E-state index contributed by atoms with van der Waals surface area (Å²) in [5.74, 6) is -0.371. The van der Waals surface area contributed by atoms with Gasteiger partial charge in [0.25, 0.3) is 0 Å². The standard InChI is InChI=1S/C18H24F3N3O2/c1-13(2)16(25)15(14-6-4-3-5-7-14)22-17(26)24-10-8-23(9-11-24)12-18(19,20)21/h3-7,13,15H,8-12H2,1-2H3,(H,22,26). The summed E-state index contributed by atoms with van der Waals surface area (Å²) < 4.78 is 37.3. The Bertz CT molecular complexity index is 612. The molecule has 1 aromatic carbocycles. The molecule has 0 saturated carbocycles. The van der Waals surface area contributed by atoms with Gasteiger partial charge >= 0.3 is 12.2 Å². The van der Waals surface area contributed by atoms with Crippen LogP contribution in [-0.4, -0.2) is 60.5 Å². The van der Waals surface area contributed by atoms with Crippen molar-refractivity contribution in [2.45, 2.75) is 26.1 Å². The first kappa shape index (κ1) is 20.2. The Morgan fingerprint density at radius 3 is 2.15 bits per heavy atom. The lowest BCUT2D eigenvalue weighted by Crippen LogP contribution is -2.54. The molecular weight excluding hydrogens is 347 g/mol. The summed E-state index contributed by atoms with van der Waals surface area (Å²) >= 11 is 0. The van der Waals surface area contributed by atoms with Gasteiger partial charge in [-0.2, -0.15) is 13.2 Å².